The molecule has 0 aliphatic carbocycles. The van der Waals surface area contributed by atoms with E-state index in [0.717, 1.165) is 18.3 Å². The van der Waals surface area contributed by atoms with E-state index in [9.17, 15) is 0 Å². The van der Waals surface area contributed by atoms with Crippen molar-refractivity contribution in [2.24, 2.45) is 0 Å². The second-order valence-corrected chi connectivity index (χ2v) is 8.10. The van der Waals surface area contributed by atoms with Gasteiger partial charge in [0.1, 0.15) is 0 Å². The summed E-state index contributed by atoms with van der Waals surface area (Å²) >= 11 is 6.22. The van der Waals surface area contributed by atoms with E-state index in [0.29, 0.717) is 0 Å². The molecule has 2 aliphatic heterocycles. The lowest BCUT2D eigenvalue weighted by Gasteiger charge is -2.05. The van der Waals surface area contributed by atoms with Crippen LogP contribution in [0.3, 0.4) is 0 Å². The molecule has 0 radical (unpaired) electrons. The maximum atomic E-state index is 8.91. The fourth-order valence-corrected chi connectivity index (χ4v) is 6.33. The third kappa shape index (κ3) is 4.24. The summed E-state index contributed by atoms with van der Waals surface area (Å²) in [7, 11) is 0. The number of hydrogen-bond donors (Lipinski definition) is 4. The summed E-state index contributed by atoms with van der Waals surface area (Å²) in [5, 5.41) is 39.5. The standard InChI is InChI=1S/C10H12O4S4/c11-7(12)1-5-3-15-9(17-5)10-16-4-6(18-10)2-8(13)14/h3-4,7-8,11-14H,1-2H2. The Labute approximate surface area is 122 Å². The van der Waals surface area contributed by atoms with Crippen molar-refractivity contribution in [2.45, 2.75) is 25.4 Å². The summed E-state index contributed by atoms with van der Waals surface area (Å²) in [6.07, 6.45) is -2.12. The second-order valence-electron chi connectivity index (χ2n) is 3.55. The average Bonchev–Trinajstić information content (AvgIpc) is 2.85. The zero-order valence-electron chi connectivity index (χ0n) is 9.15. The maximum absolute atomic E-state index is 8.91. The Bertz CT molecular complexity index is 376. The molecule has 4 nitrogen and oxygen atoms in total. The van der Waals surface area contributed by atoms with Crippen molar-refractivity contribution in [3.63, 3.8) is 0 Å². The van der Waals surface area contributed by atoms with Gasteiger partial charge in [0.2, 0.25) is 0 Å². The van der Waals surface area contributed by atoms with Crippen molar-refractivity contribution < 1.29 is 20.4 Å². The Balaban J connectivity index is 1.90. The summed E-state index contributed by atoms with van der Waals surface area (Å²) in [6, 6.07) is 0. The molecular weight excluding hydrogens is 312 g/mol. The van der Waals surface area contributed by atoms with E-state index >= 15 is 0 Å². The molecule has 0 spiro atoms. The van der Waals surface area contributed by atoms with E-state index in [-0.39, 0.29) is 12.8 Å². The number of rotatable bonds is 4. The predicted molar refractivity (Wildman–Crippen MR) is 79.2 cm³/mol. The van der Waals surface area contributed by atoms with Crippen molar-refractivity contribution in [2.75, 3.05) is 0 Å². The van der Waals surface area contributed by atoms with E-state index in [2.05, 4.69) is 0 Å². The van der Waals surface area contributed by atoms with Gasteiger partial charge in [0.25, 0.3) is 0 Å². The summed E-state index contributed by atoms with van der Waals surface area (Å²) < 4.78 is 2.22. The number of hydrogen-bond acceptors (Lipinski definition) is 8. The minimum absolute atomic E-state index is 0.249. The molecule has 0 aromatic carbocycles. The van der Waals surface area contributed by atoms with Crippen molar-refractivity contribution in [3.8, 4) is 0 Å². The van der Waals surface area contributed by atoms with E-state index < -0.39 is 12.6 Å². The lowest BCUT2D eigenvalue weighted by Crippen LogP contribution is -2.03. The van der Waals surface area contributed by atoms with E-state index in [1.807, 2.05) is 10.8 Å². The zero-order valence-corrected chi connectivity index (χ0v) is 12.4. The van der Waals surface area contributed by atoms with Crippen molar-refractivity contribution >= 4 is 47.0 Å². The molecule has 0 atom stereocenters. The van der Waals surface area contributed by atoms with Gasteiger partial charge in [0.15, 0.2) is 12.6 Å². The highest BCUT2D eigenvalue weighted by atomic mass is 32.2. The predicted octanol–water partition coefficient (Wildman–Crippen LogP) is 2.16. The minimum atomic E-state index is -1.31. The van der Waals surface area contributed by atoms with Crippen LogP contribution in [0, 0.1) is 0 Å². The molecule has 0 saturated heterocycles. The molecule has 18 heavy (non-hydrogen) atoms. The molecule has 4 N–H and O–H groups in total. The molecule has 0 aromatic rings. The van der Waals surface area contributed by atoms with Gasteiger partial charge in [0, 0.05) is 22.7 Å². The van der Waals surface area contributed by atoms with Crippen LogP contribution in [0.2, 0.25) is 0 Å². The fourth-order valence-electron chi connectivity index (χ4n) is 1.29. The Morgan fingerprint density at radius 1 is 0.778 bits per heavy atom. The second kappa shape index (κ2) is 6.76. The maximum Gasteiger partial charge on any atom is 0.156 e. The van der Waals surface area contributed by atoms with Crippen LogP contribution in [-0.2, 0) is 0 Å². The monoisotopic (exact) mass is 324 g/mol. The molecule has 0 amide bonds. The highest BCUT2D eigenvalue weighted by Gasteiger charge is 2.23. The molecule has 0 unspecified atom stereocenters. The average molecular weight is 324 g/mol. The molecule has 2 rings (SSSR count). The van der Waals surface area contributed by atoms with Gasteiger partial charge in [-0.05, 0) is 10.8 Å². The van der Waals surface area contributed by atoms with E-state index in [1.165, 1.54) is 0 Å². The van der Waals surface area contributed by atoms with Crippen LogP contribution in [0.15, 0.2) is 29.1 Å². The molecule has 100 valence electrons. The number of thioether (sulfide) groups is 4. The van der Waals surface area contributed by atoms with Crippen LogP contribution in [0.5, 0.6) is 0 Å². The van der Waals surface area contributed by atoms with Crippen LogP contribution >= 0.6 is 47.0 Å². The Hall–Kier alpha value is 0.460. The van der Waals surface area contributed by atoms with Gasteiger partial charge < -0.3 is 20.4 Å². The van der Waals surface area contributed by atoms with Crippen molar-refractivity contribution in [3.05, 3.63) is 29.1 Å². The van der Waals surface area contributed by atoms with Gasteiger partial charge in [-0.1, -0.05) is 47.0 Å². The molecule has 0 bridgehead atoms. The number of aliphatic hydroxyl groups excluding tert-OH is 2. The third-order valence-electron chi connectivity index (χ3n) is 1.98. The van der Waals surface area contributed by atoms with Crippen LogP contribution in [0.1, 0.15) is 12.8 Å². The first-order valence-electron chi connectivity index (χ1n) is 5.08. The van der Waals surface area contributed by atoms with Gasteiger partial charge >= 0.3 is 0 Å². The Morgan fingerprint density at radius 3 is 1.50 bits per heavy atom. The first kappa shape index (κ1) is 14.9. The van der Waals surface area contributed by atoms with Crippen LogP contribution in [0.25, 0.3) is 0 Å². The quantitative estimate of drug-likeness (QED) is 0.586. The lowest BCUT2D eigenvalue weighted by molar-refractivity contribution is -0.0373. The molecule has 0 saturated carbocycles. The SMILES string of the molecule is OC(O)CC1=CSC(=C2SC=C(CC(O)O)S2)S1. The number of aliphatic hydroxyl groups is 4. The van der Waals surface area contributed by atoms with Gasteiger partial charge in [-0.15, -0.1) is 0 Å². The van der Waals surface area contributed by atoms with Gasteiger partial charge in [0.05, 0.1) is 8.47 Å². The molecule has 0 fully saturated rings. The summed E-state index contributed by atoms with van der Waals surface area (Å²) in [6.45, 7) is 0. The first-order valence-corrected chi connectivity index (χ1v) is 8.47. The Kier molecular flexibility index (Phi) is 5.58. The van der Waals surface area contributed by atoms with Crippen molar-refractivity contribution in [1.82, 2.24) is 0 Å². The van der Waals surface area contributed by atoms with Gasteiger partial charge in [-0.25, -0.2) is 0 Å². The zero-order chi connectivity index (χ0) is 13.1. The third-order valence-corrected chi connectivity index (χ3v) is 7.38. The highest BCUT2D eigenvalue weighted by Crippen LogP contribution is 2.56. The van der Waals surface area contributed by atoms with Crippen LogP contribution in [-0.4, -0.2) is 33.0 Å². The van der Waals surface area contributed by atoms with E-state index in [1.54, 1.807) is 47.0 Å². The normalized spacial score (nSPS) is 24.1. The Morgan fingerprint density at radius 2 is 1.17 bits per heavy atom. The molecular formula is C10H12O4S4. The largest absolute Gasteiger partial charge is 0.368 e. The summed E-state index contributed by atoms with van der Waals surface area (Å²) in [5.41, 5.74) is 0. The fraction of sp³-hybridized carbons (Fsp3) is 0.400. The van der Waals surface area contributed by atoms with Gasteiger partial charge in [-0.2, -0.15) is 0 Å². The molecule has 2 aliphatic rings. The van der Waals surface area contributed by atoms with E-state index in [4.69, 9.17) is 20.4 Å². The smallest absolute Gasteiger partial charge is 0.156 e. The molecule has 2 heterocycles. The van der Waals surface area contributed by atoms with Crippen LogP contribution in [0.4, 0.5) is 0 Å². The van der Waals surface area contributed by atoms with Gasteiger partial charge in [-0.3, -0.25) is 0 Å². The molecule has 8 heteroatoms. The highest BCUT2D eigenvalue weighted by molar-refractivity contribution is 8.33. The van der Waals surface area contributed by atoms with Crippen LogP contribution < -0.4 is 0 Å². The first-order chi connectivity index (χ1) is 8.54. The molecule has 0 aromatic heterocycles. The minimum Gasteiger partial charge on any atom is -0.368 e. The van der Waals surface area contributed by atoms with Crippen molar-refractivity contribution in [1.29, 1.82) is 0 Å². The topological polar surface area (TPSA) is 80.9 Å². The summed E-state index contributed by atoms with van der Waals surface area (Å²) in [4.78, 5) is 1.88. The summed E-state index contributed by atoms with van der Waals surface area (Å²) in [5.74, 6) is 0. The lowest BCUT2D eigenvalue weighted by atomic mass is 10.4.